The third-order valence-corrected chi connectivity index (χ3v) is 7.31. The molecule has 0 aliphatic carbocycles. The van der Waals surface area contributed by atoms with Crippen LogP contribution in [0.25, 0.3) is 0 Å². The second-order valence-corrected chi connectivity index (χ2v) is 8.94. The van der Waals surface area contributed by atoms with Crippen molar-refractivity contribution in [2.45, 2.75) is 38.3 Å². The molecule has 3 aliphatic rings. The van der Waals surface area contributed by atoms with Gasteiger partial charge in [0.1, 0.15) is 17.9 Å². The number of carbonyl (C=O) groups is 3. The molecule has 5 nitrogen and oxygen atoms in total. The number of nitrogens with one attached hydrogen (secondary N) is 1. The summed E-state index contributed by atoms with van der Waals surface area (Å²) in [6, 6.07) is 13.9. The second kappa shape index (κ2) is 7.33. The number of nitrogens with zero attached hydrogens (tertiary/aromatic N) is 1. The Balaban J connectivity index is 1.52. The Morgan fingerprint density at radius 1 is 1.03 bits per heavy atom. The number of hydrogen-bond acceptors (Lipinski definition) is 3. The lowest BCUT2D eigenvalue weighted by atomic mass is 9.85. The van der Waals surface area contributed by atoms with Crippen molar-refractivity contribution in [3.63, 3.8) is 0 Å². The third-order valence-electron chi connectivity index (χ3n) is 7.06. The van der Waals surface area contributed by atoms with Gasteiger partial charge in [-0.05, 0) is 48.4 Å². The first-order valence-corrected chi connectivity index (χ1v) is 11.0. The number of fused-ring (bicyclic) bond motifs is 3. The summed E-state index contributed by atoms with van der Waals surface area (Å²) in [5.74, 6) is -1.45. The summed E-state index contributed by atoms with van der Waals surface area (Å²) in [6.07, 6.45) is 2.74. The minimum absolute atomic E-state index is 0.0348. The largest absolute Gasteiger partial charge is 0.322 e. The molecule has 1 unspecified atom stereocenters. The number of rotatable bonds is 4. The zero-order valence-electron chi connectivity index (χ0n) is 16.8. The Bertz CT molecular complexity index is 1020. The summed E-state index contributed by atoms with van der Waals surface area (Å²) in [5.41, 5.74) is 2.31. The predicted molar refractivity (Wildman–Crippen MR) is 114 cm³/mol. The van der Waals surface area contributed by atoms with Crippen LogP contribution in [0.15, 0.2) is 48.5 Å². The van der Waals surface area contributed by atoms with Crippen LogP contribution >= 0.6 is 11.6 Å². The van der Waals surface area contributed by atoms with Crippen LogP contribution in [0.4, 0.5) is 5.69 Å². The number of hydrogen-bond donors (Lipinski definition) is 1. The number of halogens is 1. The Hall–Kier alpha value is -2.50. The highest BCUT2D eigenvalue weighted by Gasteiger charge is 2.68. The van der Waals surface area contributed by atoms with E-state index in [1.165, 1.54) is 4.90 Å². The maximum absolute atomic E-state index is 13.5. The summed E-state index contributed by atoms with van der Waals surface area (Å²) >= 11 is 5.98. The summed E-state index contributed by atoms with van der Waals surface area (Å²) in [5, 5.41) is 0.566. The highest BCUT2D eigenvalue weighted by molar-refractivity contribution is 6.30. The number of aryl methyl sites for hydroxylation is 1. The Morgan fingerprint density at radius 3 is 2.37 bits per heavy atom. The van der Waals surface area contributed by atoms with Crippen molar-refractivity contribution in [1.82, 2.24) is 0 Å². The standard InChI is InChI=1S/C24H23ClN2O3/c1-2-14-5-11-17(12-6-14)27-23(29)19-18-4-3-13-26(18)21(20(19)24(27)30)22(28)15-7-9-16(25)10-8-15/h5-12,18-21H,2-4,13H2,1H3/p+1/t18-,19+,20+,21-/m0/s1. The summed E-state index contributed by atoms with van der Waals surface area (Å²) in [4.78, 5) is 42.8. The van der Waals surface area contributed by atoms with E-state index in [0.29, 0.717) is 16.3 Å². The molecule has 5 atom stereocenters. The molecule has 2 aromatic rings. The lowest BCUT2D eigenvalue weighted by molar-refractivity contribution is -0.915. The Labute approximate surface area is 180 Å². The van der Waals surface area contributed by atoms with Crippen LogP contribution in [0.5, 0.6) is 0 Å². The van der Waals surface area contributed by atoms with E-state index in [1.54, 1.807) is 24.3 Å². The van der Waals surface area contributed by atoms with Crippen LogP contribution < -0.4 is 9.80 Å². The number of anilines is 1. The smallest absolute Gasteiger partial charge is 0.244 e. The molecule has 1 N–H and O–H groups in total. The predicted octanol–water partition coefficient (Wildman–Crippen LogP) is 2.32. The lowest BCUT2D eigenvalue weighted by Crippen LogP contribution is -3.16. The molecule has 3 heterocycles. The highest BCUT2D eigenvalue weighted by Crippen LogP contribution is 2.40. The van der Waals surface area contributed by atoms with Gasteiger partial charge in [-0.25, -0.2) is 4.90 Å². The Morgan fingerprint density at radius 2 is 1.70 bits per heavy atom. The minimum Gasteiger partial charge on any atom is -0.322 e. The van der Waals surface area contributed by atoms with E-state index in [0.717, 1.165) is 36.3 Å². The minimum atomic E-state index is -0.591. The van der Waals surface area contributed by atoms with Gasteiger partial charge in [0, 0.05) is 23.4 Å². The number of carbonyl (C=O) groups excluding carboxylic acids is 3. The van der Waals surface area contributed by atoms with Gasteiger partial charge < -0.3 is 4.90 Å². The van der Waals surface area contributed by atoms with Crippen molar-refractivity contribution >= 4 is 34.9 Å². The van der Waals surface area contributed by atoms with E-state index in [-0.39, 0.29) is 23.6 Å². The van der Waals surface area contributed by atoms with Gasteiger partial charge in [-0.15, -0.1) is 0 Å². The zero-order valence-corrected chi connectivity index (χ0v) is 17.6. The number of amides is 2. The molecule has 0 aromatic heterocycles. The number of imide groups is 1. The molecule has 3 fully saturated rings. The van der Waals surface area contributed by atoms with Gasteiger partial charge in [-0.1, -0.05) is 30.7 Å². The molecule has 6 heteroatoms. The number of benzene rings is 2. The molecule has 3 saturated heterocycles. The van der Waals surface area contributed by atoms with Crippen molar-refractivity contribution in [2.75, 3.05) is 11.4 Å². The second-order valence-electron chi connectivity index (χ2n) is 8.51. The zero-order chi connectivity index (χ0) is 21.0. The maximum Gasteiger partial charge on any atom is 0.244 e. The summed E-state index contributed by atoms with van der Waals surface area (Å²) in [7, 11) is 0. The molecular weight excluding hydrogens is 400 g/mol. The van der Waals surface area contributed by atoms with Crippen LogP contribution in [0.1, 0.15) is 35.7 Å². The van der Waals surface area contributed by atoms with E-state index < -0.39 is 17.9 Å². The van der Waals surface area contributed by atoms with Crippen molar-refractivity contribution in [3.8, 4) is 0 Å². The first-order valence-electron chi connectivity index (χ1n) is 10.6. The van der Waals surface area contributed by atoms with E-state index in [1.807, 2.05) is 24.3 Å². The molecule has 5 rings (SSSR count). The number of quaternary nitrogens is 1. The van der Waals surface area contributed by atoms with Crippen LogP contribution in [-0.2, 0) is 16.0 Å². The average molecular weight is 424 g/mol. The summed E-state index contributed by atoms with van der Waals surface area (Å²) in [6.45, 7) is 2.89. The molecule has 2 aromatic carbocycles. The van der Waals surface area contributed by atoms with Crippen molar-refractivity contribution < 1.29 is 19.3 Å². The van der Waals surface area contributed by atoms with Gasteiger partial charge in [0.05, 0.1) is 12.2 Å². The lowest BCUT2D eigenvalue weighted by Gasteiger charge is -2.25. The fourth-order valence-corrected chi connectivity index (χ4v) is 5.80. The average Bonchev–Trinajstić information content (AvgIpc) is 3.40. The van der Waals surface area contributed by atoms with Crippen LogP contribution in [0, 0.1) is 11.8 Å². The molecule has 0 bridgehead atoms. The van der Waals surface area contributed by atoms with Gasteiger partial charge in [0.2, 0.25) is 17.6 Å². The molecule has 30 heavy (non-hydrogen) atoms. The monoisotopic (exact) mass is 423 g/mol. The molecule has 0 saturated carbocycles. The van der Waals surface area contributed by atoms with Crippen molar-refractivity contribution in [2.24, 2.45) is 11.8 Å². The topological polar surface area (TPSA) is 58.9 Å². The molecule has 0 spiro atoms. The van der Waals surface area contributed by atoms with E-state index in [9.17, 15) is 14.4 Å². The number of Topliss-reactive ketones (excluding diaryl/α,β-unsaturated/α-hetero) is 1. The molecule has 3 aliphatic heterocycles. The normalized spacial score (nSPS) is 29.9. The third kappa shape index (κ3) is 2.83. The van der Waals surface area contributed by atoms with E-state index in [2.05, 4.69) is 6.92 Å². The quantitative estimate of drug-likeness (QED) is 0.606. The van der Waals surface area contributed by atoms with Gasteiger partial charge in [0.25, 0.3) is 0 Å². The molecule has 154 valence electrons. The van der Waals surface area contributed by atoms with E-state index >= 15 is 0 Å². The van der Waals surface area contributed by atoms with Crippen LogP contribution in [-0.4, -0.2) is 36.2 Å². The molecule has 0 radical (unpaired) electrons. The van der Waals surface area contributed by atoms with Gasteiger partial charge in [-0.3, -0.25) is 14.4 Å². The SMILES string of the molecule is CCc1ccc(N2C(=O)[C@@H]3[C@H](C2=O)[C@@H]2CCC[NH+]2[C@@H]3C(=O)c2ccc(Cl)cc2)cc1. The molecular formula is C24H24ClN2O3+. The van der Waals surface area contributed by atoms with Gasteiger partial charge in [-0.2, -0.15) is 0 Å². The first kappa shape index (κ1) is 19.5. The van der Waals surface area contributed by atoms with E-state index in [4.69, 9.17) is 11.6 Å². The van der Waals surface area contributed by atoms with Crippen molar-refractivity contribution in [3.05, 3.63) is 64.7 Å². The first-order chi connectivity index (χ1) is 14.5. The van der Waals surface area contributed by atoms with Gasteiger partial charge in [0.15, 0.2) is 6.04 Å². The number of ketones is 1. The van der Waals surface area contributed by atoms with Crippen molar-refractivity contribution in [1.29, 1.82) is 0 Å². The fourth-order valence-electron chi connectivity index (χ4n) is 5.67. The Kier molecular flexibility index (Phi) is 4.75. The molecule has 2 amide bonds. The van der Waals surface area contributed by atoms with Gasteiger partial charge >= 0.3 is 0 Å². The summed E-state index contributed by atoms with van der Waals surface area (Å²) < 4.78 is 0. The van der Waals surface area contributed by atoms with Crippen LogP contribution in [0.2, 0.25) is 5.02 Å². The highest BCUT2D eigenvalue weighted by atomic mass is 35.5. The van der Waals surface area contributed by atoms with Crippen LogP contribution in [0.3, 0.4) is 0 Å². The maximum atomic E-state index is 13.5. The fraction of sp³-hybridized carbons (Fsp3) is 0.375.